The van der Waals surface area contributed by atoms with E-state index in [1.807, 2.05) is 12.3 Å². The number of aromatic nitrogens is 2. The Balaban J connectivity index is 1.42. The molecule has 0 radical (unpaired) electrons. The molecule has 0 spiro atoms. The third kappa shape index (κ3) is 4.67. The lowest BCUT2D eigenvalue weighted by molar-refractivity contribution is -0.137. The fourth-order valence-electron chi connectivity index (χ4n) is 3.56. The predicted molar refractivity (Wildman–Crippen MR) is 109 cm³/mol. The molecule has 152 valence electrons. The number of alkyl halides is 3. The number of rotatable bonds is 5. The molecule has 0 atom stereocenters. The Kier molecular flexibility index (Phi) is 5.69. The topological polar surface area (TPSA) is 29.0 Å². The zero-order valence-electron chi connectivity index (χ0n) is 16.2. The molecule has 0 unspecified atom stereocenters. The summed E-state index contributed by atoms with van der Waals surface area (Å²) in [7, 11) is 0. The van der Waals surface area contributed by atoms with E-state index < -0.39 is 11.7 Å². The fraction of sp³-hybridized carbons (Fsp3) is 0.364. The number of thiophene rings is 1. The van der Waals surface area contributed by atoms with Crippen molar-refractivity contribution in [2.75, 3.05) is 6.54 Å². The van der Waals surface area contributed by atoms with E-state index in [1.54, 1.807) is 23.5 Å². The first-order valence-electron chi connectivity index (χ1n) is 9.74. The summed E-state index contributed by atoms with van der Waals surface area (Å²) in [5.74, 6) is 0.930. The average molecular weight is 418 g/mol. The normalized spacial score (nSPS) is 14.8. The molecule has 1 aromatic carbocycles. The Morgan fingerprint density at radius 3 is 2.62 bits per heavy atom. The maximum Gasteiger partial charge on any atom is 0.416 e. The highest BCUT2D eigenvalue weighted by Crippen LogP contribution is 2.33. The van der Waals surface area contributed by atoms with Crippen molar-refractivity contribution in [3.8, 4) is 10.4 Å². The summed E-state index contributed by atoms with van der Waals surface area (Å²) in [6.07, 6.45) is 0.543. The van der Waals surface area contributed by atoms with Gasteiger partial charge in [0.2, 0.25) is 0 Å². The molecule has 3 nitrogen and oxygen atoms in total. The number of hydrogen-bond acceptors (Lipinski definition) is 4. The maximum atomic E-state index is 12.7. The van der Waals surface area contributed by atoms with Crippen molar-refractivity contribution in [2.45, 2.75) is 45.5 Å². The predicted octanol–water partition coefficient (Wildman–Crippen LogP) is 5.73. The molecule has 3 heterocycles. The number of fused-ring (bicyclic) bond motifs is 1. The van der Waals surface area contributed by atoms with Crippen LogP contribution < -0.4 is 0 Å². The van der Waals surface area contributed by atoms with Gasteiger partial charge in [-0.1, -0.05) is 19.1 Å². The number of aryl methyl sites for hydroxylation is 1. The molecule has 0 amide bonds. The lowest BCUT2D eigenvalue weighted by Gasteiger charge is -2.27. The minimum absolute atomic E-state index is 0.616. The Morgan fingerprint density at radius 1 is 1.10 bits per heavy atom. The SMILES string of the molecule is CCCc1ncc2c(n1)CCN(Cc1ccc(-c3ccc(C(F)(F)F)cc3)s1)C2. The van der Waals surface area contributed by atoms with Gasteiger partial charge < -0.3 is 0 Å². The molecule has 2 aromatic heterocycles. The molecule has 7 heteroatoms. The monoisotopic (exact) mass is 417 g/mol. The smallest absolute Gasteiger partial charge is 0.293 e. The number of hydrogen-bond donors (Lipinski definition) is 0. The molecule has 0 N–H and O–H groups in total. The number of benzene rings is 1. The molecule has 0 saturated heterocycles. The van der Waals surface area contributed by atoms with Crippen LogP contribution in [0.15, 0.2) is 42.6 Å². The van der Waals surface area contributed by atoms with Crippen LogP contribution in [0.4, 0.5) is 13.2 Å². The van der Waals surface area contributed by atoms with Crippen LogP contribution >= 0.6 is 11.3 Å². The van der Waals surface area contributed by atoms with Crippen LogP contribution in [-0.2, 0) is 32.1 Å². The average Bonchev–Trinajstić information content (AvgIpc) is 3.16. The lowest BCUT2D eigenvalue weighted by atomic mass is 10.1. The van der Waals surface area contributed by atoms with Crippen LogP contribution in [0.1, 0.15) is 40.9 Å². The van der Waals surface area contributed by atoms with Gasteiger partial charge in [-0.2, -0.15) is 13.2 Å². The summed E-state index contributed by atoms with van der Waals surface area (Å²) < 4.78 is 38.2. The van der Waals surface area contributed by atoms with Gasteiger partial charge in [-0.15, -0.1) is 11.3 Å². The van der Waals surface area contributed by atoms with E-state index in [0.717, 1.165) is 73.0 Å². The summed E-state index contributed by atoms with van der Waals surface area (Å²) >= 11 is 1.63. The number of halogens is 3. The minimum Gasteiger partial charge on any atom is -0.293 e. The van der Waals surface area contributed by atoms with E-state index in [2.05, 4.69) is 22.9 Å². The summed E-state index contributed by atoms with van der Waals surface area (Å²) in [4.78, 5) is 13.7. The highest BCUT2D eigenvalue weighted by molar-refractivity contribution is 7.15. The van der Waals surface area contributed by atoms with Crippen molar-refractivity contribution in [3.63, 3.8) is 0 Å². The summed E-state index contributed by atoms with van der Waals surface area (Å²) in [6, 6.07) is 9.42. The van der Waals surface area contributed by atoms with Crippen LogP contribution in [0.25, 0.3) is 10.4 Å². The minimum atomic E-state index is -4.30. The van der Waals surface area contributed by atoms with Gasteiger partial charge >= 0.3 is 6.18 Å². The second-order valence-corrected chi connectivity index (χ2v) is 8.48. The van der Waals surface area contributed by atoms with Crippen LogP contribution in [0.5, 0.6) is 0 Å². The van der Waals surface area contributed by atoms with Crippen LogP contribution in [-0.4, -0.2) is 21.4 Å². The first kappa shape index (κ1) is 20.0. The first-order valence-corrected chi connectivity index (χ1v) is 10.6. The Hall–Kier alpha value is -2.25. The fourth-order valence-corrected chi connectivity index (χ4v) is 4.61. The molecule has 0 aliphatic carbocycles. The van der Waals surface area contributed by atoms with Crippen LogP contribution in [0.3, 0.4) is 0 Å². The molecule has 1 aliphatic rings. The maximum absolute atomic E-state index is 12.7. The molecule has 3 aromatic rings. The van der Waals surface area contributed by atoms with E-state index in [4.69, 9.17) is 4.98 Å². The standard InChI is InChI=1S/C22H22F3N3S/c1-2-3-21-26-12-16-13-28(11-10-19(16)27-21)14-18-8-9-20(29-18)15-4-6-17(7-5-15)22(23,24)25/h4-9,12H,2-3,10-11,13-14H2,1H3. The molecule has 4 rings (SSSR count). The molecule has 29 heavy (non-hydrogen) atoms. The van der Waals surface area contributed by atoms with Crippen LogP contribution in [0, 0.1) is 0 Å². The van der Waals surface area contributed by atoms with E-state index in [0.29, 0.717) is 0 Å². The molecule has 0 bridgehead atoms. The zero-order chi connectivity index (χ0) is 20.4. The molecule has 0 saturated carbocycles. The van der Waals surface area contributed by atoms with Crippen molar-refractivity contribution >= 4 is 11.3 Å². The molecular formula is C22H22F3N3S. The molecule has 1 aliphatic heterocycles. The Labute approximate surface area is 172 Å². The van der Waals surface area contributed by atoms with Gasteiger partial charge in [-0.3, -0.25) is 4.90 Å². The first-order chi connectivity index (χ1) is 13.9. The lowest BCUT2D eigenvalue weighted by Crippen LogP contribution is -2.30. The second kappa shape index (κ2) is 8.24. The quantitative estimate of drug-likeness (QED) is 0.531. The molecule has 0 fully saturated rings. The van der Waals surface area contributed by atoms with Crippen molar-refractivity contribution < 1.29 is 13.2 Å². The van der Waals surface area contributed by atoms with E-state index in [-0.39, 0.29) is 0 Å². The highest BCUT2D eigenvalue weighted by Gasteiger charge is 2.30. The Bertz CT molecular complexity index is 980. The van der Waals surface area contributed by atoms with E-state index in [9.17, 15) is 13.2 Å². The van der Waals surface area contributed by atoms with Gasteiger partial charge in [0, 0.05) is 59.7 Å². The van der Waals surface area contributed by atoms with E-state index in [1.165, 1.54) is 10.4 Å². The largest absolute Gasteiger partial charge is 0.416 e. The summed E-state index contributed by atoms with van der Waals surface area (Å²) in [6.45, 7) is 4.73. The van der Waals surface area contributed by atoms with Gasteiger partial charge in [-0.25, -0.2) is 9.97 Å². The summed E-state index contributed by atoms with van der Waals surface area (Å²) in [5.41, 5.74) is 2.55. The van der Waals surface area contributed by atoms with Gasteiger partial charge in [0.15, 0.2) is 0 Å². The van der Waals surface area contributed by atoms with Crippen molar-refractivity contribution in [1.29, 1.82) is 0 Å². The zero-order valence-corrected chi connectivity index (χ0v) is 17.0. The number of nitrogens with zero attached hydrogens (tertiary/aromatic N) is 3. The van der Waals surface area contributed by atoms with Crippen molar-refractivity contribution in [1.82, 2.24) is 14.9 Å². The third-order valence-electron chi connectivity index (χ3n) is 5.07. The van der Waals surface area contributed by atoms with Gasteiger partial charge in [0.1, 0.15) is 5.82 Å². The van der Waals surface area contributed by atoms with Crippen molar-refractivity contribution in [3.05, 3.63) is 70.1 Å². The van der Waals surface area contributed by atoms with Gasteiger partial charge in [0.05, 0.1) is 5.56 Å². The third-order valence-corrected chi connectivity index (χ3v) is 6.19. The van der Waals surface area contributed by atoms with Crippen molar-refractivity contribution in [2.24, 2.45) is 0 Å². The molecular weight excluding hydrogens is 395 g/mol. The van der Waals surface area contributed by atoms with Gasteiger partial charge in [0.25, 0.3) is 0 Å². The van der Waals surface area contributed by atoms with Crippen LogP contribution in [0.2, 0.25) is 0 Å². The highest BCUT2D eigenvalue weighted by atomic mass is 32.1. The van der Waals surface area contributed by atoms with E-state index >= 15 is 0 Å². The van der Waals surface area contributed by atoms with Gasteiger partial charge in [-0.05, 0) is 36.2 Å². The summed E-state index contributed by atoms with van der Waals surface area (Å²) in [5, 5.41) is 0. The second-order valence-electron chi connectivity index (χ2n) is 7.31. The Morgan fingerprint density at radius 2 is 1.90 bits per heavy atom.